The molecular weight excluding hydrogens is 386 g/mol. The zero-order valence-electron chi connectivity index (χ0n) is 16.3. The maximum absolute atomic E-state index is 12.6. The lowest BCUT2D eigenvalue weighted by Gasteiger charge is -2.34. The van der Waals surface area contributed by atoms with Crippen LogP contribution in [-0.4, -0.2) is 47.7 Å². The Bertz CT molecular complexity index is 921. The summed E-state index contributed by atoms with van der Waals surface area (Å²) in [6.45, 7) is 2.41. The lowest BCUT2D eigenvalue weighted by Crippen LogP contribution is -2.44. The predicted molar refractivity (Wildman–Crippen MR) is 111 cm³/mol. The molecule has 3 heterocycles. The molecule has 29 heavy (non-hydrogen) atoms. The largest absolute Gasteiger partial charge is 0.477 e. The molecule has 3 aliphatic rings. The van der Waals surface area contributed by atoms with Crippen LogP contribution in [0.15, 0.2) is 36.4 Å². The average molecular weight is 412 g/mol. The third kappa shape index (κ3) is 3.49. The lowest BCUT2D eigenvalue weighted by molar-refractivity contribution is -0.142. The van der Waals surface area contributed by atoms with E-state index < -0.39 is 5.97 Å². The SMILES string of the molecule is O=C(O)c1ccc(-c2ccc([C@@H]3CC34CCN(C(=O)[C@H]3CCCO3)CC4)cc2)s1. The van der Waals surface area contributed by atoms with Crippen LogP contribution in [0.25, 0.3) is 10.4 Å². The summed E-state index contributed by atoms with van der Waals surface area (Å²) in [5.74, 6) is -0.105. The van der Waals surface area contributed by atoms with E-state index >= 15 is 0 Å². The third-order valence-corrected chi connectivity index (χ3v) is 8.00. The van der Waals surface area contributed by atoms with Crippen molar-refractivity contribution in [3.8, 4) is 10.4 Å². The number of carbonyl (C=O) groups is 2. The first kappa shape index (κ1) is 18.8. The zero-order chi connectivity index (χ0) is 20.0. The van der Waals surface area contributed by atoms with Gasteiger partial charge in [-0.25, -0.2) is 4.79 Å². The number of carbonyl (C=O) groups excluding carboxylic acids is 1. The first-order chi connectivity index (χ1) is 14.1. The minimum absolute atomic E-state index is 0.190. The average Bonchev–Trinajstić information content (AvgIpc) is 3.17. The molecule has 6 heteroatoms. The lowest BCUT2D eigenvalue weighted by atomic mass is 9.88. The van der Waals surface area contributed by atoms with Crippen molar-refractivity contribution in [1.29, 1.82) is 0 Å². The molecule has 1 aliphatic carbocycles. The van der Waals surface area contributed by atoms with Crippen molar-refractivity contribution in [2.24, 2.45) is 5.41 Å². The van der Waals surface area contributed by atoms with Gasteiger partial charge in [-0.3, -0.25) is 4.79 Å². The number of ether oxygens (including phenoxy) is 1. The number of carboxylic acids is 1. The Morgan fingerprint density at radius 2 is 1.86 bits per heavy atom. The highest BCUT2D eigenvalue weighted by molar-refractivity contribution is 7.17. The smallest absolute Gasteiger partial charge is 0.345 e. The Labute approximate surface area is 174 Å². The molecule has 1 aromatic heterocycles. The van der Waals surface area contributed by atoms with E-state index in [1.54, 1.807) is 6.07 Å². The monoisotopic (exact) mass is 411 g/mol. The van der Waals surface area contributed by atoms with Crippen LogP contribution in [0.3, 0.4) is 0 Å². The number of carboxylic acid groups (broad SMARTS) is 1. The Balaban J connectivity index is 1.21. The second kappa shape index (κ2) is 7.26. The second-order valence-electron chi connectivity index (χ2n) is 8.54. The van der Waals surface area contributed by atoms with Crippen molar-refractivity contribution in [2.75, 3.05) is 19.7 Å². The minimum Gasteiger partial charge on any atom is -0.477 e. The van der Waals surface area contributed by atoms with Crippen LogP contribution in [0.2, 0.25) is 0 Å². The topological polar surface area (TPSA) is 66.8 Å². The van der Waals surface area contributed by atoms with Crippen molar-refractivity contribution in [3.63, 3.8) is 0 Å². The van der Waals surface area contributed by atoms with Crippen molar-refractivity contribution >= 4 is 23.2 Å². The van der Waals surface area contributed by atoms with Gasteiger partial charge in [0, 0.05) is 24.6 Å². The number of aromatic carboxylic acids is 1. The summed E-state index contributed by atoms with van der Waals surface area (Å²) in [7, 11) is 0. The fraction of sp³-hybridized carbons (Fsp3) is 0.478. The van der Waals surface area contributed by atoms with Crippen LogP contribution in [0, 0.1) is 5.41 Å². The molecule has 1 amide bonds. The number of likely N-dealkylation sites (tertiary alicyclic amines) is 1. The van der Waals surface area contributed by atoms with Crippen molar-refractivity contribution < 1.29 is 19.4 Å². The molecule has 1 spiro atoms. The molecule has 2 atom stereocenters. The molecule has 2 saturated heterocycles. The Kier molecular flexibility index (Phi) is 4.71. The molecule has 5 rings (SSSR count). The number of rotatable bonds is 4. The second-order valence-corrected chi connectivity index (χ2v) is 9.62. The zero-order valence-corrected chi connectivity index (χ0v) is 17.1. The summed E-state index contributed by atoms with van der Waals surface area (Å²) in [6.07, 6.45) is 5.01. The van der Waals surface area contributed by atoms with E-state index in [9.17, 15) is 9.59 Å². The summed E-state index contributed by atoms with van der Waals surface area (Å²) in [5, 5.41) is 9.10. The van der Waals surface area contributed by atoms with Crippen LogP contribution in [-0.2, 0) is 9.53 Å². The number of thiophene rings is 1. The molecule has 0 unspecified atom stereocenters. The number of amides is 1. The summed E-state index contributed by atoms with van der Waals surface area (Å²) in [6, 6.07) is 12.1. The molecule has 0 bridgehead atoms. The summed E-state index contributed by atoms with van der Waals surface area (Å²) < 4.78 is 5.57. The van der Waals surface area contributed by atoms with Gasteiger partial charge in [0.25, 0.3) is 5.91 Å². The van der Waals surface area contributed by atoms with Gasteiger partial charge in [0.1, 0.15) is 11.0 Å². The van der Waals surface area contributed by atoms with Crippen LogP contribution in [0.4, 0.5) is 0 Å². The fourth-order valence-corrected chi connectivity index (χ4v) is 5.86. The van der Waals surface area contributed by atoms with Gasteiger partial charge in [-0.1, -0.05) is 24.3 Å². The molecule has 1 aromatic carbocycles. The Morgan fingerprint density at radius 3 is 2.48 bits per heavy atom. The Hall–Kier alpha value is -2.18. The van der Waals surface area contributed by atoms with Gasteiger partial charge in [-0.05, 0) is 66.7 Å². The highest BCUT2D eigenvalue weighted by Crippen LogP contribution is 2.65. The standard InChI is InChI=1S/C23H25NO4S/c25-21(18-2-1-13-28-18)24-11-9-23(10-12-24)14-17(23)15-3-5-16(6-4-15)19-7-8-20(29-19)22(26)27/h3-8,17-18H,1-2,9-14H2,(H,26,27)/t17-,18+/m0/s1. The third-order valence-electron chi connectivity index (χ3n) is 6.88. The van der Waals surface area contributed by atoms with Crippen LogP contribution in [0.1, 0.15) is 53.3 Å². The number of benzene rings is 1. The highest BCUT2D eigenvalue weighted by atomic mass is 32.1. The van der Waals surface area contributed by atoms with Gasteiger partial charge in [0.15, 0.2) is 0 Å². The van der Waals surface area contributed by atoms with Crippen molar-refractivity contribution in [1.82, 2.24) is 4.90 Å². The van der Waals surface area contributed by atoms with E-state index in [0.717, 1.165) is 55.8 Å². The Morgan fingerprint density at radius 1 is 1.10 bits per heavy atom. The van der Waals surface area contributed by atoms with E-state index in [0.29, 0.717) is 16.2 Å². The molecule has 1 saturated carbocycles. The molecule has 2 aromatic rings. The first-order valence-electron chi connectivity index (χ1n) is 10.4. The normalized spacial score (nSPS) is 25.3. The van der Waals surface area contributed by atoms with Crippen LogP contribution >= 0.6 is 11.3 Å². The quantitative estimate of drug-likeness (QED) is 0.810. The summed E-state index contributed by atoms with van der Waals surface area (Å²) >= 11 is 1.31. The van der Waals surface area contributed by atoms with Gasteiger partial charge in [0.05, 0.1) is 0 Å². The van der Waals surface area contributed by atoms with Crippen LogP contribution in [0.5, 0.6) is 0 Å². The van der Waals surface area contributed by atoms with E-state index in [2.05, 4.69) is 24.3 Å². The van der Waals surface area contributed by atoms with Gasteiger partial charge in [0.2, 0.25) is 0 Å². The summed E-state index contributed by atoms with van der Waals surface area (Å²) in [4.78, 5) is 27.0. The van der Waals surface area contributed by atoms with Gasteiger partial charge < -0.3 is 14.7 Å². The molecule has 3 fully saturated rings. The van der Waals surface area contributed by atoms with E-state index in [-0.39, 0.29) is 12.0 Å². The van der Waals surface area contributed by atoms with Crippen LogP contribution < -0.4 is 0 Å². The van der Waals surface area contributed by atoms with E-state index in [4.69, 9.17) is 9.84 Å². The van der Waals surface area contributed by atoms with E-state index in [1.165, 1.54) is 23.3 Å². The van der Waals surface area contributed by atoms with E-state index in [1.807, 2.05) is 11.0 Å². The van der Waals surface area contributed by atoms with Gasteiger partial charge in [-0.2, -0.15) is 0 Å². The minimum atomic E-state index is -0.873. The fourth-order valence-electron chi connectivity index (χ4n) is 5.01. The van der Waals surface area contributed by atoms with Crippen molar-refractivity contribution in [2.45, 2.75) is 44.1 Å². The number of nitrogens with zero attached hydrogens (tertiary/aromatic N) is 1. The molecule has 0 radical (unpaired) electrons. The summed E-state index contributed by atoms with van der Waals surface area (Å²) in [5.41, 5.74) is 2.79. The van der Waals surface area contributed by atoms with Gasteiger partial charge in [-0.15, -0.1) is 11.3 Å². The molecule has 5 nitrogen and oxygen atoms in total. The van der Waals surface area contributed by atoms with Crippen molar-refractivity contribution in [3.05, 3.63) is 46.8 Å². The highest BCUT2D eigenvalue weighted by Gasteiger charge is 2.55. The maximum atomic E-state index is 12.6. The first-order valence-corrected chi connectivity index (χ1v) is 11.2. The molecular formula is C23H25NO4S. The maximum Gasteiger partial charge on any atom is 0.345 e. The number of piperidine rings is 1. The molecule has 1 N–H and O–H groups in total. The molecule has 2 aliphatic heterocycles. The molecule has 152 valence electrons. The number of hydrogen-bond donors (Lipinski definition) is 1. The predicted octanol–water partition coefficient (Wildman–Crippen LogP) is 4.39. The number of hydrogen-bond acceptors (Lipinski definition) is 4. The van der Waals surface area contributed by atoms with Gasteiger partial charge >= 0.3 is 5.97 Å².